The Hall–Kier alpha value is -3.35. The first kappa shape index (κ1) is 17.1. The predicted octanol–water partition coefficient (Wildman–Crippen LogP) is 4.44. The molecule has 1 aromatic carbocycles. The third-order valence-electron chi connectivity index (χ3n) is 4.34. The SMILES string of the molecule is CCCN(Cc1nnc(-c2ccco2)o1)C(=O)c1oc2ccccc2c1C. The summed E-state index contributed by atoms with van der Waals surface area (Å²) in [5.74, 6) is 1.28. The van der Waals surface area contributed by atoms with Gasteiger partial charge >= 0.3 is 0 Å². The topological polar surface area (TPSA) is 85.5 Å². The number of aryl methyl sites for hydroxylation is 1. The summed E-state index contributed by atoms with van der Waals surface area (Å²) in [6.07, 6.45) is 2.33. The van der Waals surface area contributed by atoms with Crippen molar-refractivity contribution in [3.05, 3.63) is 59.9 Å². The number of aromatic nitrogens is 2. The summed E-state index contributed by atoms with van der Waals surface area (Å²) in [5, 5.41) is 8.96. The smallest absolute Gasteiger partial charge is 0.290 e. The molecule has 0 saturated heterocycles. The molecule has 0 spiro atoms. The second kappa shape index (κ2) is 7.11. The lowest BCUT2D eigenvalue weighted by molar-refractivity contribution is 0.0697. The number of carbonyl (C=O) groups excluding carboxylic acids is 1. The van der Waals surface area contributed by atoms with Gasteiger partial charge in [0, 0.05) is 17.5 Å². The number of furan rings is 2. The van der Waals surface area contributed by atoms with E-state index in [1.807, 2.05) is 38.1 Å². The molecule has 0 unspecified atom stereocenters. The minimum Gasteiger partial charge on any atom is -0.459 e. The van der Waals surface area contributed by atoms with Crippen LogP contribution in [-0.4, -0.2) is 27.5 Å². The fraction of sp³-hybridized carbons (Fsp3) is 0.250. The number of carbonyl (C=O) groups is 1. The quantitative estimate of drug-likeness (QED) is 0.502. The monoisotopic (exact) mass is 365 g/mol. The van der Waals surface area contributed by atoms with Crippen LogP contribution in [-0.2, 0) is 6.54 Å². The zero-order chi connectivity index (χ0) is 18.8. The molecule has 0 N–H and O–H groups in total. The first-order valence-electron chi connectivity index (χ1n) is 8.81. The Morgan fingerprint density at radius 1 is 1.11 bits per heavy atom. The first-order valence-corrected chi connectivity index (χ1v) is 8.81. The number of benzene rings is 1. The summed E-state index contributed by atoms with van der Waals surface area (Å²) >= 11 is 0. The molecule has 0 aliphatic carbocycles. The molecular formula is C20H19N3O4. The molecule has 0 bridgehead atoms. The summed E-state index contributed by atoms with van der Waals surface area (Å²) in [4.78, 5) is 14.7. The highest BCUT2D eigenvalue weighted by Gasteiger charge is 2.24. The number of amides is 1. The van der Waals surface area contributed by atoms with E-state index in [2.05, 4.69) is 10.2 Å². The van der Waals surface area contributed by atoms with Crippen molar-refractivity contribution in [2.75, 3.05) is 6.54 Å². The van der Waals surface area contributed by atoms with Crippen LogP contribution in [0.5, 0.6) is 0 Å². The van der Waals surface area contributed by atoms with E-state index >= 15 is 0 Å². The van der Waals surface area contributed by atoms with Crippen LogP contribution in [0.3, 0.4) is 0 Å². The number of hydrogen-bond donors (Lipinski definition) is 0. The van der Waals surface area contributed by atoms with Crippen LogP contribution in [0.15, 0.2) is 55.9 Å². The van der Waals surface area contributed by atoms with Gasteiger partial charge in [-0.3, -0.25) is 4.79 Å². The van der Waals surface area contributed by atoms with E-state index in [1.165, 1.54) is 6.26 Å². The molecule has 0 atom stereocenters. The lowest BCUT2D eigenvalue weighted by atomic mass is 10.1. The average molecular weight is 365 g/mol. The molecule has 0 saturated carbocycles. The molecule has 0 radical (unpaired) electrons. The summed E-state index contributed by atoms with van der Waals surface area (Å²) in [6, 6.07) is 11.1. The van der Waals surface area contributed by atoms with Gasteiger partial charge in [0.1, 0.15) is 5.58 Å². The van der Waals surface area contributed by atoms with Crippen LogP contribution in [0.1, 0.15) is 35.4 Å². The normalized spacial score (nSPS) is 11.2. The number of rotatable bonds is 6. The molecular weight excluding hydrogens is 346 g/mol. The van der Waals surface area contributed by atoms with Crippen LogP contribution in [0.4, 0.5) is 0 Å². The van der Waals surface area contributed by atoms with Gasteiger partial charge < -0.3 is 18.2 Å². The van der Waals surface area contributed by atoms with Crippen LogP contribution in [0.25, 0.3) is 22.6 Å². The van der Waals surface area contributed by atoms with E-state index < -0.39 is 0 Å². The van der Waals surface area contributed by atoms with E-state index in [0.29, 0.717) is 35.4 Å². The zero-order valence-corrected chi connectivity index (χ0v) is 15.1. The van der Waals surface area contributed by atoms with Gasteiger partial charge in [-0.25, -0.2) is 0 Å². The van der Waals surface area contributed by atoms with Crippen molar-refractivity contribution in [3.63, 3.8) is 0 Å². The van der Waals surface area contributed by atoms with Crippen LogP contribution < -0.4 is 0 Å². The predicted molar refractivity (Wildman–Crippen MR) is 98.0 cm³/mol. The van der Waals surface area contributed by atoms with Gasteiger partial charge in [0.2, 0.25) is 5.89 Å². The Bertz CT molecular complexity index is 1060. The molecule has 4 rings (SSSR count). The molecule has 138 valence electrons. The third-order valence-corrected chi connectivity index (χ3v) is 4.34. The lowest BCUT2D eigenvalue weighted by Gasteiger charge is -2.19. The molecule has 3 heterocycles. The second-order valence-electron chi connectivity index (χ2n) is 6.26. The highest BCUT2D eigenvalue weighted by molar-refractivity contribution is 5.98. The number of para-hydroxylation sites is 1. The van der Waals surface area contributed by atoms with Gasteiger partial charge in [0.05, 0.1) is 12.8 Å². The van der Waals surface area contributed by atoms with Gasteiger partial charge in [-0.2, -0.15) is 0 Å². The van der Waals surface area contributed by atoms with Gasteiger partial charge in [-0.15, -0.1) is 10.2 Å². The summed E-state index contributed by atoms with van der Waals surface area (Å²) in [6.45, 7) is 4.66. The molecule has 0 aliphatic heterocycles. The average Bonchev–Trinajstić information content (AvgIpc) is 3.41. The Balaban J connectivity index is 1.60. The first-order chi connectivity index (χ1) is 13.2. The summed E-state index contributed by atoms with van der Waals surface area (Å²) in [5.41, 5.74) is 1.53. The van der Waals surface area contributed by atoms with E-state index in [-0.39, 0.29) is 12.5 Å². The minimum absolute atomic E-state index is 0.191. The van der Waals surface area contributed by atoms with E-state index in [4.69, 9.17) is 13.3 Å². The van der Waals surface area contributed by atoms with Crippen molar-refractivity contribution in [2.24, 2.45) is 0 Å². The highest BCUT2D eigenvalue weighted by Crippen LogP contribution is 2.26. The van der Waals surface area contributed by atoms with Crippen LogP contribution in [0, 0.1) is 6.92 Å². The standard InChI is InChI=1S/C20H19N3O4/c1-3-10-23(12-17-21-22-19(27-17)16-9-6-11-25-16)20(24)18-13(2)14-7-4-5-8-15(14)26-18/h4-9,11H,3,10,12H2,1-2H3. The van der Waals surface area contributed by atoms with E-state index in [1.54, 1.807) is 17.0 Å². The summed E-state index contributed by atoms with van der Waals surface area (Å²) < 4.78 is 16.7. The van der Waals surface area contributed by atoms with Crippen LogP contribution in [0.2, 0.25) is 0 Å². The second-order valence-corrected chi connectivity index (χ2v) is 6.26. The molecule has 1 amide bonds. The molecule has 7 nitrogen and oxygen atoms in total. The largest absolute Gasteiger partial charge is 0.459 e. The number of fused-ring (bicyclic) bond motifs is 1. The van der Waals surface area contributed by atoms with Crippen molar-refractivity contribution in [1.29, 1.82) is 0 Å². The maximum atomic E-state index is 13.1. The van der Waals surface area contributed by atoms with Gasteiger partial charge in [-0.1, -0.05) is 25.1 Å². The molecule has 0 aliphatic rings. The van der Waals surface area contributed by atoms with Crippen LogP contribution >= 0.6 is 0 Å². The maximum absolute atomic E-state index is 13.1. The van der Waals surface area contributed by atoms with Crippen molar-refractivity contribution in [1.82, 2.24) is 15.1 Å². The van der Waals surface area contributed by atoms with E-state index in [9.17, 15) is 4.79 Å². The van der Waals surface area contributed by atoms with E-state index in [0.717, 1.165) is 17.4 Å². The molecule has 0 fully saturated rings. The van der Waals surface area contributed by atoms with Crippen molar-refractivity contribution in [3.8, 4) is 11.7 Å². The molecule has 4 aromatic rings. The van der Waals surface area contributed by atoms with Crippen molar-refractivity contribution in [2.45, 2.75) is 26.8 Å². The highest BCUT2D eigenvalue weighted by atomic mass is 16.4. The Labute approximate surface area is 155 Å². The Morgan fingerprint density at radius 3 is 2.70 bits per heavy atom. The molecule has 3 aromatic heterocycles. The third kappa shape index (κ3) is 3.23. The molecule has 7 heteroatoms. The fourth-order valence-electron chi connectivity index (χ4n) is 3.02. The fourth-order valence-corrected chi connectivity index (χ4v) is 3.02. The maximum Gasteiger partial charge on any atom is 0.290 e. The minimum atomic E-state index is -0.191. The summed E-state index contributed by atoms with van der Waals surface area (Å²) in [7, 11) is 0. The van der Waals surface area contributed by atoms with Gasteiger partial charge in [-0.05, 0) is 31.5 Å². The lowest BCUT2D eigenvalue weighted by Crippen LogP contribution is -2.31. The number of nitrogens with zero attached hydrogens (tertiary/aromatic N) is 3. The van der Waals surface area contributed by atoms with Crippen molar-refractivity contribution < 1.29 is 18.0 Å². The van der Waals surface area contributed by atoms with Crippen molar-refractivity contribution >= 4 is 16.9 Å². The number of hydrogen-bond acceptors (Lipinski definition) is 6. The Kier molecular flexibility index (Phi) is 4.50. The Morgan fingerprint density at radius 2 is 1.96 bits per heavy atom. The van der Waals surface area contributed by atoms with Gasteiger partial charge in [0.25, 0.3) is 11.8 Å². The molecule has 27 heavy (non-hydrogen) atoms. The van der Waals surface area contributed by atoms with Gasteiger partial charge in [0.15, 0.2) is 11.5 Å². The zero-order valence-electron chi connectivity index (χ0n) is 15.1.